The fourth-order valence-electron chi connectivity index (χ4n) is 2.64. The van der Waals surface area contributed by atoms with E-state index in [1.807, 2.05) is 0 Å². The molecule has 1 aliphatic rings. The van der Waals surface area contributed by atoms with E-state index in [1.54, 1.807) is 13.8 Å². The summed E-state index contributed by atoms with van der Waals surface area (Å²) in [4.78, 5) is 35.9. The van der Waals surface area contributed by atoms with Crippen LogP contribution in [0.1, 0.15) is 46.5 Å². The number of hydrogen-bond acceptors (Lipinski definition) is 6. The first-order valence-corrected chi connectivity index (χ1v) is 9.00. The van der Waals surface area contributed by atoms with Gasteiger partial charge in [-0.2, -0.15) is 0 Å². The molecule has 1 N–H and O–H groups in total. The van der Waals surface area contributed by atoms with E-state index >= 15 is 0 Å². The van der Waals surface area contributed by atoms with E-state index < -0.39 is 24.6 Å². The van der Waals surface area contributed by atoms with Crippen LogP contribution in [0, 0.1) is 5.41 Å². The van der Waals surface area contributed by atoms with Crippen molar-refractivity contribution in [3.63, 3.8) is 0 Å². The molecule has 0 heterocycles. The minimum Gasteiger partial charge on any atom is -0.481 e. The molecule has 0 amide bonds. The highest BCUT2D eigenvalue weighted by molar-refractivity contribution is 7.55. The maximum absolute atomic E-state index is 12.7. The molecule has 0 aromatic heterocycles. The molecular weight excluding hydrogens is 311 g/mol. The van der Waals surface area contributed by atoms with E-state index in [0.29, 0.717) is 6.42 Å². The summed E-state index contributed by atoms with van der Waals surface area (Å²) in [7, 11) is -3.95. The van der Waals surface area contributed by atoms with Gasteiger partial charge in [-0.25, -0.2) is 0 Å². The molecule has 0 saturated heterocycles. The second kappa shape index (κ2) is 7.49. The summed E-state index contributed by atoms with van der Waals surface area (Å²) >= 11 is 0. The Balaban J connectivity index is 3.15. The highest BCUT2D eigenvalue weighted by Crippen LogP contribution is 2.56. The summed E-state index contributed by atoms with van der Waals surface area (Å²) in [6.45, 7) is 4.60. The maximum Gasteiger partial charge on any atom is 0.344 e. The van der Waals surface area contributed by atoms with Crippen molar-refractivity contribution in [1.82, 2.24) is 0 Å². The second-order valence-corrected chi connectivity index (χ2v) is 7.68. The van der Waals surface area contributed by atoms with Crippen LogP contribution < -0.4 is 0 Å². The van der Waals surface area contributed by atoms with Crippen LogP contribution in [0.4, 0.5) is 0 Å². The predicted octanol–water partition coefficient (Wildman–Crippen LogP) is 2.42. The third kappa shape index (κ3) is 3.83. The number of carboxylic acids is 1. The van der Waals surface area contributed by atoms with Gasteiger partial charge < -0.3 is 14.2 Å². The molecule has 1 saturated carbocycles. The molecule has 1 fully saturated rings. The molecule has 8 heteroatoms. The molecule has 0 aromatic rings. The topological polar surface area (TPSA) is 107 Å². The molecule has 1 rings (SSSR count). The Hall–Kier alpha value is -1.04. The molecule has 1 atom stereocenters. The number of Topliss-reactive ketones (excluding diaryl/α,β-unsaturated/α-hetero) is 2. The third-order valence-corrected chi connectivity index (χ3v) is 6.33. The van der Waals surface area contributed by atoms with Gasteiger partial charge in [-0.3, -0.25) is 18.9 Å². The fraction of sp³-hybridized carbons (Fsp3) is 0.786. The average molecular weight is 334 g/mol. The van der Waals surface area contributed by atoms with Gasteiger partial charge in [0.05, 0.1) is 18.6 Å². The number of carbonyl (C=O) groups is 3. The van der Waals surface area contributed by atoms with Crippen LogP contribution in [-0.2, 0) is 28.0 Å². The van der Waals surface area contributed by atoms with Crippen LogP contribution in [0.2, 0.25) is 0 Å². The smallest absolute Gasteiger partial charge is 0.344 e. The summed E-state index contributed by atoms with van der Waals surface area (Å²) < 4.78 is 22.9. The zero-order valence-corrected chi connectivity index (χ0v) is 14.1. The van der Waals surface area contributed by atoms with Gasteiger partial charge in [-0.05, 0) is 33.6 Å². The van der Waals surface area contributed by atoms with E-state index in [2.05, 4.69) is 0 Å². The Morgan fingerprint density at radius 1 is 1.23 bits per heavy atom. The first-order chi connectivity index (χ1) is 10.2. The van der Waals surface area contributed by atoms with E-state index in [0.717, 1.165) is 0 Å². The average Bonchev–Trinajstić information content (AvgIpc) is 2.42. The molecular formula is C14H23O7P. The first-order valence-electron chi connectivity index (χ1n) is 7.39. The van der Waals surface area contributed by atoms with Crippen LogP contribution in [0.15, 0.2) is 0 Å². The summed E-state index contributed by atoms with van der Waals surface area (Å²) in [6.07, 6.45) is 0.557. The molecule has 0 radical (unpaired) electrons. The Kier molecular flexibility index (Phi) is 6.47. The lowest BCUT2D eigenvalue weighted by atomic mass is 9.70. The molecule has 126 valence electrons. The van der Waals surface area contributed by atoms with Crippen LogP contribution in [0.3, 0.4) is 0 Å². The van der Waals surface area contributed by atoms with Crippen molar-refractivity contribution in [1.29, 1.82) is 0 Å². The van der Waals surface area contributed by atoms with Crippen LogP contribution in [0.5, 0.6) is 0 Å². The molecule has 7 nitrogen and oxygen atoms in total. The van der Waals surface area contributed by atoms with Crippen molar-refractivity contribution in [2.24, 2.45) is 5.41 Å². The van der Waals surface area contributed by atoms with E-state index in [1.165, 1.54) is 6.92 Å². The van der Waals surface area contributed by atoms with Gasteiger partial charge in [-0.1, -0.05) is 0 Å². The van der Waals surface area contributed by atoms with Crippen molar-refractivity contribution >= 4 is 25.1 Å². The zero-order chi connectivity index (χ0) is 17.0. The van der Waals surface area contributed by atoms with Gasteiger partial charge in [0.1, 0.15) is 11.6 Å². The summed E-state index contributed by atoms with van der Waals surface area (Å²) in [5.41, 5.74) is -2.98. The number of aliphatic carboxylic acids is 1. The van der Waals surface area contributed by atoms with E-state index in [-0.39, 0.29) is 44.0 Å². The predicted molar refractivity (Wildman–Crippen MR) is 78.9 cm³/mol. The molecule has 22 heavy (non-hydrogen) atoms. The number of carboxylic acid groups (broad SMARTS) is 1. The zero-order valence-electron chi connectivity index (χ0n) is 13.2. The van der Waals surface area contributed by atoms with Crippen molar-refractivity contribution in [2.75, 3.05) is 13.2 Å². The Bertz CT molecular complexity index is 473. The molecule has 1 aliphatic carbocycles. The lowest BCUT2D eigenvalue weighted by Crippen LogP contribution is -2.44. The molecule has 1 unspecified atom stereocenters. The number of hydrogen-bond donors (Lipinski definition) is 1. The first kappa shape index (κ1) is 19.0. The van der Waals surface area contributed by atoms with Gasteiger partial charge in [0.2, 0.25) is 0 Å². The van der Waals surface area contributed by atoms with Crippen LogP contribution in [-0.4, -0.2) is 41.5 Å². The van der Waals surface area contributed by atoms with E-state index in [4.69, 9.17) is 9.05 Å². The van der Waals surface area contributed by atoms with Gasteiger partial charge in [0, 0.05) is 12.8 Å². The normalized spacial score (nSPS) is 20.0. The van der Waals surface area contributed by atoms with Crippen molar-refractivity contribution < 1.29 is 33.1 Å². The van der Waals surface area contributed by atoms with Gasteiger partial charge in [0.15, 0.2) is 5.66 Å². The lowest BCUT2D eigenvalue weighted by molar-refractivity contribution is -0.144. The number of ketones is 2. The van der Waals surface area contributed by atoms with E-state index in [9.17, 15) is 24.1 Å². The Morgan fingerprint density at radius 3 is 2.05 bits per heavy atom. The third-order valence-electron chi connectivity index (χ3n) is 3.92. The van der Waals surface area contributed by atoms with Gasteiger partial charge >= 0.3 is 13.6 Å². The molecule has 0 spiro atoms. The molecule has 0 bridgehead atoms. The Morgan fingerprint density at radius 2 is 1.68 bits per heavy atom. The maximum atomic E-state index is 12.7. The highest BCUT2D eigenvalue weighted by atomic mass is 31.2. The van der Waals surface area contributed by atoms with Crippen LogP contribution in [0.25, 0.3) is 0 Å². The quantitative estimate of drug-likeness (QED) is 0.536. The summed E-state index contributed by atoms with van der Waals surface area (Å²) in [6, 6.07) is 0. The summed E-state index contributed by atoms with van der Waals surface area (Å²) in [5.74, 6) is -2.01. The highest BCUT2D eigenvalue weighted by Gasteiger charge is 2.51. The monoisotopic (exact) mass is 334 g/mol. The number of rotatable bonds is 8. The molecule has 0 aromatic carbocycles. The number of carbonyl (C=O) groups excluding carboxylic acids is 2. The van der Waals surface area contributed by atoms with Gasteiger partial charge in [0.25, 0.3) is 0 Å². The fourth-order valence-corrected chi connectivity index (χ4v) is 4.66. The Labute approximate surface area is 129 Å². The van der Waals surface area contributed by atoms with Gasteiger partial charge in [-0.15, -0.1) is 0 Å². The largest absolute Gasteiger partial charge is 0.481 e. The van der Waals surface area contributed by atoms with Crippen LogP contribution >= 0.6 is 7.60 Å². The van der Waals surface area contributed by atoms with Crippen molar-refractivity contribution in [3.8, 4) is 0 Å². The SMILES string of the molecule is CCOP(=O)(OCC)C(CC1(C)C(=O)CCCC1=O)C(=O)O. The lowest BCUT2D eigenvalue weighted by Gasteiger charge is -2.34. The standard InChI is InChI=1S/C14H23O7P/c1-4-20-22(19,21-5-2)10(13(17)18)9-14(3)11(15)7-6-8-12(14)16/h10H,4-9H2,1-3H3,(H,17,18). The minimum absolute atomic E-state index is 0.0136. The molecule has 0 aliphatic heterocycles. The second-order valence-electron chi connectivity index (χ2n) is 5.47. The minimum atomic E-state index is -3.95. The summed E-state index contributed by atoms with van der Waals surface area (Å²) in [5, 5.41) is 9.42. The van der Waals surface area contributed by atoms with Crippen molar-refractivity contribution in [2.45, 2.75) is 52.1 Å². The van der Waals surface area contributed by atoms with Crippen molar-refractivity contribution in [3.05, 3.63) is 0 Å².